The van der Waals surface area contributed by atoms with Crippen LogP contribution >= 0.6 is 34.9 Å². The van der Waals surface area contributed by atoms with Crippen LogP contribution in [0.5, 0.6) is 0 Å². The van der Waals surface area contributed by atoms with Crippen LogP contribution in [0.4, 0.5) is 5.13 Å². The van der Waals surface area contributed by atoms with Crippen molar-refractivity contribution in [3.05, 3.63) is 6.33 Å². The molecule has 2 fully saturated rings. The van der Waals surface area contributed by atoms with Gasteiger partial charge in [0.1, 0.15) is 16.1 Å². The van der Waals surface area contributed by atoms with Crippen LogP contribution in [0.3, 0.4) is 0 Å². The first-order valence-electron chi connectivity index (χ1n) is 8.66. The predicted octanol–water partition coefficient (Wildman–Crippen LogP) is 2.79. The molecule has 0 bridgehead atoms. The largest absolute Gasteiger partial charge is 0.353 e. The van der Waals surface area contributed by atoms with Gasteiger partial charge in [-0.3, -0.25) is 4.79 Å². The molecule has 2 aromatic rings. The summed E-state index contributed by atoms with van der Waals surface area (Å²) < 4.78 is 0.995. The lowest BCUT2D eigenvalue weighted by molar-refractivity contribution is -0.119. The molecule has 0 unspecified atom stereocenters. The molecular formula is C16H21N5OS3. The van der Waals surface area contributed by atoms with Gasteiger partial charge in [-0.2, -0.15) is 16.7 Å². The van der Waals surface area contributed by atoms with Crippen LogP contribution in [0.15, 0.2) is 11.4 Å². The van der Waals surface area contributed by atoms with Gasteiger partial charge in [0, 0.05) is 30.6 Å². The number of aromatic nitrogens is 3. The van der Waals surface area contributed by atoms with Crippen molar-refractivity contribution in [1.29, 1.82) is 0 Å². The Kier molecular flexibility index (Phi) is 5.62. The van der Waals surface area contributed by atoms with Crippen molar-refractivity contribution >= 4 is 56.2 Å². The maximum absolute atomic E-state index is 12.2. The van der Waals surface area contributed by atoms with E-state index >= 15 is 0 Å². The third-order valence-electron chi connectivity index (χ3n) is 4.49. The van der Waals surface area contributed by atoms with E-state index in [9.17, 15) is 4.79 Å². The Morgan fingerprint density at radius 1 is 1.28 bits per heavy atom. The topological polar surface area (TPSA) is 71.0 Å². The first-order valence-corrected chi connectivity index (χ1v) is 11.6. The monoisotopic (exact) mass is 395 g/mol. The number of carbonyl (C=O) groups is 1. The summed E-state index contributed by atoms with van der Waals surface area (Å²) in [6.07, 6.45) is 6.22. The minimum Gasteiger partial charge on any atom is -0.353 e. The first-order chi connectivity index (χ1) is 12.3. The molecule has 1 amide bonds. The van der Waals surface area contributed by atoms with Crippen LogP contribution in [0.2, 0.25) is 0 Å². The zero-order valence-corrected chi connectivity index (χ0v) is 16.4. The van der Waals surface area contributed by atoms with Gasteiger partial charge < -0.3 is 10.2 Å². The first kappa shape index (κ1) is 17.4. The number of rotatable bonds is 5. The molecule has 2 aliphatic rings. The number of thioether (sulfide) groups is 2. The number of carbonyl (C=O) groups excluding carboxylic acids is 1. The number of hydrogen-bond acceptors (Lipinski definition) is 8. The van der Waals surface area contributed by atoms with Crippen LogP contribution in [0.1, 0.15) is 25.7 Å². The summed E-state index contributed by atoms with van der Waals surface area (Å²) in [5.41, 5.74) is 0.743. The fourth-order valence-corrected chi connectivity index (χ4v) is 6.04. The standard InChI is InChI=1S/C16H21N5OS3/c22-12(19-11-3-1-2-4-11)9-24-15-13-14(17-10-18-15)20-16(25-13)21-5-7-23-8-6-21/h10-11H,1-9H2,(H,19,22). The van der Waals surface area contributed by atoms with Gasteiger partial charge >= 0.3 is 0 Å². The van der Waals surface area contributed by atoms with E-state index in [4.69, 9.17) is 0 Å². The molecule has 1 aliphatic heterocycles. The highest BCUT2D eigenvalue weighted by molar-refractivity contribution is 8.00. The van der Waals surface area contributed by atoms with Gasteiger partial charge in [-0.25, -0.2) is 9.97 Å². The van der Waals surface area contributed by atoms with Gasteiger partial charge in [0.05, 0.1) is 5.75 Å². The number of thiazole rings is 1. The van der Waals surface area contributed by atoms with E-state index in [-0.39, 0.29) is 5.91 Å². The minimum atomic E-state index is 0.0986. The Bertz CT molecular complexity index is 740. The number of fused-ring (bicyclic) bond motifs is 1. The molecule has 1 saturated heterocycles. The summed E-state index contributed by atoms with van der Waals surface area (Å²) in [5, 5.41) is 5.01. The third-order valence-corrected chi connectivity index (χ3v) is 7.66. The fourth-order valence-electron chi connectivity index (χ4n) is 3.19. The predicted molar refractivity (Wildman–Crippen MR) is 106 cm³/mol. The second-order valence-electron chi connectivity index (χ2n) is 6.26. The molecule has 0 radical (unpaired) electrons. The van der Waals surface area contributed by atoms with E-state index in [1.54, 1.807) is 17.7 Å². The molecule has 1 aliphatic carbocycles. The second kappa shape index (κ2) is 8.09. The normalized spacial score (nSPS) is 18.8. The zero-order chi connectivity index (χ0) is 17.1. The zero-order valence-electron chi connectivity index (χ0n) is 13.9. The lowest BCUT2D eigenvalue weighted by Gasteiger charge is -2.25. The summed E-state index contributed by atoms with van der Waals surface area (Å²) in [6, 6.07) is 0.366. The average Bonchev–Trinajstić information content (AvgIpc) is 3.30. The number of nitrogens with zero attached hydrogens (tertiary/aromatic N) is 4. The molecule has 25 heavy (non-hydrogen) atoms. The van der Waals surface area contributed by atoms with Crippen molar-refractivity contribution in [2.24, 2.45) is 0 Å². The molecule has 9 heteroatoms. The quantitative estimate of drug-likeness (QED) is 0.616. The van der Waals surface area contributed by atoms with Crippen LogP contribution in [0, 0.1) is 0 Å². The molecule has 6 nitrogen and oxygen atoms in total. The van der Waals surface area contributed by atoms with Crippen molar-refractivity contribution in [1.82, 2.24) is 20.3 Å². The van der Waals surface area contributed by atoms with Gasteiger partial charge in [-0.1, -0.05) is 35.9 Å². The highest BCUT2D eigenvalue weighted by atomic mass is 32.2. The van der Waals surface area contributed by atoms with Gasteiger partial charge in [-0.05, 0) is 12.8 Å². The molecular weight excluding hydrogens is 374 g/mol. The van der Waals surface area contributed by atoms with E-state index in [2.05, 4.69) is 25.2 Å². The highest BCUT2D eigenvalue weighted by Crippen LogP contribution is 2.34. The fraction of sp³-hybridized carbons (Fsp3) is 0.625. The van der Waals surface area contributed by atoms with Crippen molar-refractivity contribution < 1.29 is 4.79 Å². The lowest BCUT2D eigenvalue weighted by Crippen LogP contribution is -2.33. The van der Waals surface area contributed by atoms with Gasteiger partial charge in [0.25, 0.3) is 0 Å². The number of hydrogen-bond donors (Lipinski definition) is 1. The molecule has 3 heterocycles. The van der Waals surface area contributed by atoms with Crippen LogP contribution < -0.4 is 10.2 Å². The molecule has 4 rings (SSSR count). The minimum absolute atomic E-state index is 0.0986. The SMILES string of the molecule is O=C(CSc1ncnc2nc(N3CCSCC3)sc12)NC1CCCC1. The Morgan fingerprint density at radius 2 is 2.08 bits per heavy atom. The number of anilines is 1. The number of nitrogens with one attached hydrogen (secondary N) is 1. The van der Waals surface area contributed by atoms with E-state index in [1.165, 1.54) is 24.6 Å². The maximum atomic E-state index is 12.2. The number of amides is 1. The smallest absolute Gasteiger partial charge is 0.230 e. The van der Waals surface area contributed by atoms with E-state index < -0.39 is 0 Å². The summed E-state index contributed by atoms with van der Waals surface area (Å²) >= 11 is 5.12. The van der Waals surface area contributed by atoms with Crippen LogP contribution in [0.25, 0.3) is 10.3 Å². The molecule has 0 aromatic carbocycles. The third kappa shape index (κ3) is 4.20. The van der Waals surface area contributed by atoms with Gasteiger partial charge in [-0.15, -0.1) is 0 Å². The van der Waals surface area contributed by atoms with E-state index in [1.807, 2.05) is 11.8 Å². The average molecular weight is 396 g/mol. The van der Waals surface area contributed by atoms with Crippen molar-refractivity contribution in [2.75, 3.05) is 35.2 Å². The Labute approximate surface area is 159 Å². The summed E-state index contributed by atoms with van der Waals surface area (Å²) in [5.74, 6) is 2.78. The molecule has 134 valence electrons. The Hall–Kier alpha value is -1.06. The summed E-state index contributed by atoms with van der Waals surface area (Å²) in [4.78, 5) is 27.9. The lowest BCUT2D eigenvalue weighted by atomic mass is 10.2. The summed E-state index contributed by atoms with van der Waals surface area (Å²) in [6.45, 7) is 2.06. The van der Waals surface area contributed by atoms with Crippen molar-refractivity contribution in [3.63, 3.8) is 0 Å². The molecule has 0 atom stereocenters. The summed E-state index contributed by atoms with van der Waals surface area (Å²) in [7, 11) is 0. The second-order valence-corrected chi connectivity index (χ2v) is 9.43. The molecule has 1 saturated carbocycles. The Morgan fingerprint density at radius 3 is 2.88 bits per heavy atom. The van der Waals surface area contributed by atoms with Crippen LogP contribution in [-0.4, -0.2) is 57.2 Å². The molecule has 1 N–H and O–H groups in total. The van der Waals surface area contributed by atoms with Crippen LogP contribution in [-0.2, 0) is 4.79 Å². The molecule has 0 spiro atoms. The van der Waals surface area contributed by atoms with E-state index in [0.29, 0.717) is 11.8 Å². The van der Waals surface area contributed by atoms with Gasteiger partial charge in [0.2, 0.25) is 5.91 Å². The molecule has 2 aromatic heterocycles. The van der Waals surface area contributed by atoms with E-state index in [0.717, 1.165) is 57.9 Å². The van der Waals surface area contributed by atoms with Crippen molar-refractivity contribution in [2.45, 2.75) is 36.8 Å². The van der Waals surface area contributed by atoms with Crippen molar-refractivity contribution in [3.8, 4) is 0 Å². The maximum Gasteiger partial charge on any atom is 0.230 e. The van der Waals surface area contributed by atoms with Gasteiger partial charge in [0.15, 0.2) is 10.8 Å². The Balaban J connectivity index is 1.43. The highest BCUT2D eigenvalue weighted by Gasteiger charge is 2.20.